The van der Waals surface area contributed by atoms with Gasteiger partial charge in [-0.05, 0) is 42.8 Å². The number of hydrazone groups is 1. The van der Waals surface area contributed by atoms with Crippen LogP contribution in [0.2, 0.25) is 0 Å². The first-order chi connectivity index (χ1) is 13.5. The summed E-state index contributed by atoms with van der Waals surface area (Å²) in [5, 5.41) is 6.50. The molecule has 0 radical (unpaired) electrons. The number of hydrogen-bond donors (Lipinski definition) is 2. The number of rotatable bonds is 8. The predicted octanol–water partition coefficient (Wildman–Crippen LogP) is 2.49. The van der Waals surface area contributed by atoms with Crippen molar-refractivity contribution >= 4 is 23.7 Å². The van der Waals surface area contributed by atoms with Gasteiger partial charge in [-0.3, -0.25) is 9.59 Å². The van der Waals surface area contributed by atoms with E-state index in [4.69, 9.17) is 15.9 Å². The van der Waals surface area contributed by atoms with Crippen molar-refractivity contribution < 1.29 is 19.1 Å². The third-order valence-corrected chi connectivity index (χ3v) is 3.56. The average Bonchev–Trinajstić information content (AvgIpc) is 2.68. The molecule has 2 amide bonds. The molecule has 0 aliphatic carbocycles. The van der Waals surface area contributed by atoms with E-state index in [-0.39, 0.29) is 13.0 Å². The first-order valence-electron chi connectivity index (χ1n) is 8.44. The van der Waals surface area contributed by atoms with Gasteiger partial charge in [0.05, 0.1) is 13.3 Å². The maximum absolute atomic E-state index is 11.9. The molecule has 0 atom stereocenters. The molecule has 0 fully saturated rings. The van der Waals surface area contributed by atoms with Crippen molar-refractivity contribution in [3.8, 4) is 23.8 Å². The molecule has 0 unspecified atom stereocenters. The van der Waals surface area contributed by atoms with E-state index in [1.54, 1.807) is 30.3 Å². The molecule has 2 aromatic rings. The van der Waals surface area contributed by atoms with Gasteiger partial charge in [-0.15, -0.1) is 6.42 Å². The van der Waals surface area contributed by atoms with Gasteiger partial charge in [0.2, 0.25) is 11.8 Å². The molecule has 7 heteroatoms. The Morgan fingerprint density at radius 2 is 1.89 bits per heavy atom. The van der Waals surface area contributed by atoms with Crippen LogP contribution >= 0.6 is 0 Å². The number of ether oxygens (including phenoxy) is 2. The van der Waals surface area contributed by atoms with Gasteiger partial charge in [-0.25, -0.2) is 5.43 Å². The maximum atomic E-state index is 11.9. The molecule has 7 nitrogen and oxygen atoms in total. The van der Waals surface area contributed by atoms with Crippen molar-refractivity contribution in [2.45, 2.75) is 13.3 Å². The highest BCUT2D eigenvalue weighted by molar-refractivity contribution is 6.03. The number of aryl methyl sites for hydroxylation is 1. The second-order valence-corrected chi connectivity index (χ2v) is 5.79. The van der Waals surface area contributed by atoms with Crippen LogP contribution in [0.5, 0.6) is 11.5 Å². The minimum absolute atomic E-state index is 0.129. The molecule has 0 aliphatic heterocycles. The fraction of sp³-hybridized carbons (Fsp3) is 0.190. The summed E-state index contributed by atoms with van der Waals surface area (Å²) < 4.78 is 10.6. The molecule has 28 heavy (non-hydrogen) atoms. The third kappa shape index (κ3) is 6.50. The Balaban J connectivity index is 1.86. The average molecular weight is 379 g/mol. The van der Waals surface area contributed by atoms with E-state index in [2.05, 4.69) is 21.8 Å². The Labute approximate surface area is 163 Å². The lowest BCUT2D eigenvalue weighted by Crippen LogP contribution is -2.24. The summed E-state index contributed by atoms with van der Waals surface area (Å²) in [6.45, 7) is 2.08. The molecule has 2 aromatic carbocycles. The van der Waals surface area contributed by atoms with Gasteiger partial charge in [0, 0.05) is 5.69 Å². The molecule has 0 saturated carbocycles. The molecule has 0 bridgehead atoms. The Kier molecular flexibility index (Phi) is 7.61. The highest BCUT2D eigenvalue weighted by atomic mass is 16.5. The van der Waals surface area contributed by atoms with Gasteiger partial charge in [0.1, 0.15) is 13.0 Å². The van der Waals surface area contributed by atoms with Crippen LogP contribution in [0.3, 0.4) is 0 Å². The van der Waals surface area contributed by atoms with E-state index < -0.39 is 11.8 Å². The van der Waals surface area contributed by atoms with Crippen LogP contribution in [0.15, 0.2) is 47.6 Å². The van der Waals surface area contributed by atoms with Crippen molar-refractivity contribution in [3.63, 3.8) is 0 Å². The minimum Gasteiger partial charge on any atom is -0.493 e. The molecular weight excluding hydrogens is 358 g/mol. The quantitative estimate of drug-likeness (QED) is 0.319. The molecule has 0 heterocycles. The van der Waals surface area contributed by atoms with E-state index in [1.165, 1.54) is 13.3 Å². The Morgan fingerprint density at radius 3 is 2.57 bits per heavy atom. The van der Waals surface area contributed by atoms with Crippen LogP contribution in [-0.4, -0.2) is 31.7 Å². The fourth-order valence-corrected chi connectivity index (χ4v) is 2.21. The van der Waals surface area contributed by atoms with Crippen LogP contribution < -0.4 is 20.2 Å². The molecule has 0 aliphatic rings. The van der Waals surface area contributed by atoms with Crippen molar-refractivity contribution in [1.29, 1.82) is 0 Å². The number of amides is 2. The number of carbonyl (C=O) groups excluding carboxylic acids is 2. The smallest absolute Gasteiger partial charge is 0.249 e. The normalized spacial score (nSPS) is 10.2. The van der Waals surface area contributed by atoms with Crippen LogP contribution in [0.4, 0.5) is 5.69 Å². The van der Waals surface area contributed by atoms with E-state index in [0.29, 0.717) is 22.7 Å². The third-order valence-electron chi connectivity index (χ3n) is 3.56. The van der Waals surface area contributed by atoms with E-state index in [9.17, 15) is 9.59 Å². The molecular formula is C21H21N3O4. The maximum Gasteiger partial charge on any atom is 0.249 e. The molecule has 2 N–H and O–H groups in total. The van der Waals surface area contributed by atoms with Crippen LogP contribution in [0.25, 0.3) is 0 Å². The number of nitrogens with zero attached hydrogens (tertiary/aromatic N) is 1. The number of methoxy groups -OCH3 is 1. The standard InChI is InChI=1S/C21H21N3O4/c1-4-11-28-18-10-7-16(12-19(18)27-3)14-22-24-21(26)13-20(25)23-17-8-5-15(2)6-9-17/h1,5-10,12,14H,11,13H2,2-3H3,(H,23,25)(H,24,26). The summed E-state index contributed by atoms with van der Waals surface area (Å²) in [5.74, 6) is 2.43. The number of hydrogen-bond acceptors (Lipinski definition) is 5. The summed E-state index contributed by atoms with van der Waals surface area (Å²) in [4.78, 5) is 23.7. The lowest BCUT2D eigenvalue weighted by molar-refractivity contribution is -0.126. The van der Waals surface area contributed by atoms with Gasteiger partial charge in [0.25, 0.3) is 0 Å². The van der Waals surface area contributed by atoms with E-state index in [1.807, 2.05) is 19.1 Å². The van der Waals surface area contributed by atoms with Gasteiger partial charge < -0.3 is 14.8 Å². The summed E-state index contributed by atoms with van der Waals surface area (Å²) >= 11 is 0. The highest BCUT2D eigenvalue weighted by Gasteiger charge is 2.09. The number of benzene rings is 2. The highest BCUT2D eigenvalue weighted by Crippen LogP contribution is 2.27. The fourth-order valence-electron chi connectivity index (χ4n) is 2.21. The van der Waals surface area contributed by atoms with Crippen LogP contribution in [-0.2, 0) is 9.59 Å². The number of nitrogens with one attached hydrogen (secondary N) is 2. The molecule has 0 spiro atoms. The van der Waals surface area contributed by atoms with Gasteiger partial charge in [0.15, 0.2) is 11.5 Å². The van der Waals surface area contributed by atoms with E-state index >= 15 is 0 Å². The molecule has 0 aromatic heterocycles. The lowest BCUT2D eigenvalue weighted by Gasteiger charge is -2.09. The van der Waals surface area contributed by atoms with Gasteiger partial charge >= 0.3 is 0 Å². The minimum atomic E-state index is -0.526. The monoisotopic (exact) mass is 379 g/mol. The SMILES string of the molecule is C#CCOc1ccc(C=NNC(=O)CC(=O)Nc2ccc(C)cc2)cc1OC. The Morgan fingerprint density at radius 1 is 1.14 bits per heavy atom. The number of terminal acetylenes is 1. The number of carbonyl (C=O) groups is 2. The topological polar surface area (TPSA) is 89.0 Å². The Hall–Kier alpha value is -3.79. The van der Waals surface area contributed by atoms with Crippen molar-refractivity contribution in [1.82, 2.24) is 5.43 Å². The van der Waals surface area contributed by atoms with Gasteiger partial charge in [-0.2, -0.15) is 5.10 Å². The zero-order valence-electron chi connectivity index (χ0n) is 15.7. The van der Waals surface area contributed by atoms with Crippen LogP contribution in [0.1, 0.15) is 17.5 Å². The van der Waals surface area contributed by atoms with Crippen molar-refractivity contribution in [2.75, 3.05) is 19.0 Å². The summed E-state index contributed by atoms with van der Waals surface area (Å²) in [5.41, 5.74) is 4.70. The zero-order valence-corrected chi connectivity index (χ0v) is 15.7. The van der Waals surface area contributed by atoms with Gasteiger partial charge in [-0.1, -0.05) is 23.6 Å². The van der Waals surface area contributed by atoms with Crippen molar-refractivity contribution in [2.24, 2.45) is 5.10 Å². The second-order valence-electron chi connectivity index (χ2n) is 5.79. The van der Waals surface area contributed by atoms with E-state index in [0.717, 1.165) is 5.56 Å². The van der Waals surface area contributed by atoms with Crippen LogP contribution in [0, 0.1) is 19.3 Å². The summed E-state index contributed by atoms with van der Waals surface area (Å²) in [6.07, 6.45) is 6.26. The zero-order chi connectivity index (χ0) is 20.4. The molecule has 144 valence electrons. The first-order valence-corrected chi connectivity index (χ1v) is 8.44. The first kappa shape index (κ1) is 20.5. The summed E-state index contributed by atoms with van der Waals surface area (Å²) in [6, 6.07) is 12.4. The van der Waals surface area contributed by atoms with Crippen molar-refractivity contribution in [3.05, 3.63) is 53.6 Å². The largest absolute Gasteiger partial charge is 0.493 e. The molecule has 2 rings (SSSR count). The number of anilines is 1. The lowest BCUT2D eigenvalue weighted by atomic mass is 10.2. The Bertz CT molecular complexity index is 899. The molecule has 0 saturated heterocycles. The second kappa shape index (κ2) is 10.4. The predicted molar refractivity (Wildman–Crippen MR) is 107 cm³/mol. The summed E-state index contributed by atoms with van der Waals surface area (Å²) in [7, 11) is 1.51.